The Kier molecular flexibility index (Phi) is 4.34. The Morgan fingerprint density at radius 1 is 1.30 bits per heavy atom. The van der Waals surface area contributed by atoms with Gasteiger partial charge in [-0.05, 0) is 24.3 Å². The highest BCUT2D eigenvalue weighted by Gasteiger charge is 2.25. The molecule has 7 nitrogen and oxygen atoms in total. The monoisotopic (exact) mass is 335 g/mol. The Morgan fingerprint density at radius 2 is 2.00 bits per heavy atom. The van der Waals surface area contributed by atoms with Crippen molar-refractivity contribution in [2.24, 2.45) is 5.92 Å². The molecule has 0 unspecified atom stereocenters. The molecule has 8 heteroatoms. The van der Waals surface area contributed by atoms with Crippen LogP contribution in [0.4, 0.5) is 5.82 Å². The van der Waals surface area contributed by atoms with Gasteiger partial charge in [0, 0.05) is 18.5 Å². The van der Waals surface area contributed by atoms with E-state index in [9.17, 15) is 8.42 Å². The van der Waals surface area contributed by atoms with Crippen LogP contribution in [0.15, 0.2) is 24.5 Å². The zero-order chi connectivity index (χ0) is 16.4. The number of anilines is 1. The van der Waals surface area contributed by atoms with E-state index in [4.69, 9.17) is 0 Å². The van der Waals surface area contributed by atoms with Gasteiger partial charge in [-0.15, -0.1) is 0 Å². The predicted molar refractivity (Wildman–Crippen MR) is 88.0 cm³/mol. The minimum absolute atomic E-state index is 0.134. The molecule has 0 radical (unpaired) electrons. The van der Waals surface area contributed by atoms with Crippen LogP contribution in [0.1, 0.15) is 44.7 Å². The molecule has 0 spiro atoms. The molecule has 23 heavy (non-hydrogen) atoms. The maximum atomic E-state index is 12.3. The van der Waals surface area contributed by atoms with Gasteiger partial charge in [0.15, 0.2) is 0 Å². The maximum absolute atomic E-state index is 12.3. The number of hydrogen-bond acceptors (Lipinski definition) is 5. The van der Waals surface area contributed by atoms with Gasteiger partial charge in [0.2, 0.25) is 10.0 Å². The summed E-state index contributed by atoms with van der Waals surface area (Å²) in [6.45, 7) is 4.01. The fourth-order valence-electron chi connectivity index (χ4n) is 2.25. The lowest BCUT2D eigenvalue weighted by Crippen LogP contribution is -2.19. The summed E-state index contributed by atoms with van der Waals surface area (Å²) in [4.78, 5) is 8.30. The second-order valence-electron chi connectivity index (χ2n) is 6.22. The van der Waals surface area contributed by atoms with Gasteiger partial charge in [0.05, 0.1) is 11.4 Å². The molecule has 2 aromatic rings. The van der Waals surface area contributed by atoms with Crippen LogP contribution in [0.3, 0.4) is 0 Å². The molecule has 2 heterocycles. The van der Waals surface area contributed by atoms with Crippen molar-refractivity contribution in [3.05, 3.63) is 30.2 Å². The summed E-state index contributed by atoms with van der Waals surface area (Å²) in [7, 11) is -3.40. The third-order valence-electron chi connectivity index (χ3n) is 3.81. The fourth-order valence-corrected chi connectivity index (χ4v) is 3.46. The van der Waals surface area contributed by atoms with Crippen molar-refractivity contribution in [3.63, 3.8) is 0 Å². The second kappa shape index (κ2) is 6.27. The zero-order valence-corrected chi connectivity index (χ0v) is 14.1. The van der Waals surface area contributed by atoms with Gasteiger partial charge < -0.3 is 0 Å². The van der Waals surface area contributed by atoms with E-state index in [1.54, 1.807) is 24.5 Å². The van der Waals surface area contributed by atoms with Crippen molar-refractivity contribution in [2.45, 2.75) is 39.0 Å². The molecule has 0 aromatic carbocycles. The van der Waals surface area contributed by atoms with Gasteiger partial charge in [0.1, 0.15) is 5.82 Å². The first-order valence-corrected chi connectivity index (χ1v) is 9.47. The molecule has 1 saturated carbocycles. The lowest BCUT2D eigenvalue weighted by Gasteiger charge is -2.09. The molecular formula is C15H21N5O2S. The van der Waals surface area contributed by atoms with Crippen LogP contribution in [-0.2, 0) is 10.0 Å². The lowest BCUT2D eigenvalue weighted by atomic mass is 10.1. The molecule has 3 rings (SSSR count). The van der Waals surface area contributed by atoms with Crippen molar-refractivity contribution < 1.29 is 8.42 Å². The van der Waals surface area contributed by atoms with Crippen LogP contribution in [-0.4, -0.2) is 33.9 Å². The van der Waals surface area contributed by atoms with Gasteiger partial charge in [-0.25, -0.2) is 18.4 Å². The first-order chi connectivity index (χ1) is 10.9. The highest BCUT2D eigenvalue weighted by Crippen LogP contribution is 2.32. The molecule has 1 fully saturated rings. The summed E-state index contributed by atoms with van der Waals surface area (Å²) >= 11 is 0. The number of nitrogens with zero attached hydrogens (tertiary/aromatic N) is 4. The van der Waals surface area contributed by atoms with Crippen molar-refractivity contribution in [3.8, 4) is 5.95 Å². The lowest BCUT2D eigenvalue weighted by molar-refractivity contribution is 0.595. The molecule has 1 aliphatic rings. The Morgan fingerprint density at radius 3 is 2.61 bits per heavy atom. The summed E-state index contributed by atoms with van der Waals surface area (Å²) in [5.74, 6) is 1.61. The molecule has 0 amide bonds. The van der Waals surface area contributed by atoms with E-state index in [1.807, 2.05) is 13.8 Å². The molecule has 0 saturated heterocycles. The molecule has 1 N–H and O–H groups in total. The van der Waals surface area contributed by atoms with Gasteiger partial charge in [-0.2, -0.15) is 9.78 Å². The van der Waals surface area contributed by atoms with Crippen LogP contribution in [0.25, 0.3) is 5.95 Å². The Labute approximate surface area is 136 Å². The van der Waals surface area contributed by atoms with E-state index in [-0.39, 0.29) is 11.7 Å². The molecule has 0 bridgehead atoms. The van der Waals surface area contributed by atoms with Crippen LogP contribution in [0, 0.1) is 5.92 Å². The summed E-state index contributed by atoms with van der Waals surface area (Å²) < 4.78 is 28.7. The average molecular weight is 335 g/mol. The van der Waals surface area contributed by atoms with Gasteiger partial charge in [-0.1, -0.05) is 26.7 Å². The number of aromatic nitrogens is 4. The maximum Gasteiger partial charge on any atom is 0.252 e. The Balaban J connectivity index is 1.87. The average Bonchev–Trinajstić information content (AvgIpc) is 3.26. The van der Waals surface area contributed by atoms with E-state index < -0.39 is 10.0 Å². The minimum atomic E-state index is -3.40. The molecule has 0 atom stereocenters. The van der Waals surface area contributed by atoms with Crippen LogP contribution >= 0.6 is 0 Å². The third kappa shape index (κ3) is 4.07. The normalized spacial score (nSPS) is 15.1. The largest absolute Gasteiger partial charge is 0.267 e. The van der Waals surface area contributed by atoms with Crippen LogP contribution < -0.4 is 4.72 Å². The number of hydrogen-bond donors (Lipinski definition) is 1. The van der Waals surface area contributed by atoms with E-state index in [2.05, 4.69) is 19.8 Å². The van der Waals surface area contributed by atoms with E-state index in [0.717, 1.165) is 18.5 Å². The van der Waals surface area contributed by atoms with E-state index in [1.165, 1.54) is 4.68 Å². The standard InChI is InChI=1S/C15H21N5O2S/c1-11(2)13-10-14(19-23(21,22)9-6-12-4-5-12)20(18-13)15-16-7-3-8-17-15/h3,7-8,10-12,19H,4-6,9H2,1-2H3. The second-order valence-corrected chi connectivity index (χ2v) is 8.06. The molecule has 124 valence electrons. The minimum Gasteiger partial charge on any atom is -0.267 e. The topological polar surface area (TPSA) is 89.8 Å². The van der Waals surface area contributed by atoms with Crippen LogP contribution in [0.5, 0.6) is 0 Å². The van der Waals surface area contributed by atoms with Gasteiger partial charge >= 0.3 is 0 Å². The summed E-state index contributed by atoms with van der Waals surface area (Å²) in [5.41, 5.74) is 0.789. The van der Waals surface area contributed by atoms with Gasteiger partial charge in [-0.3, -0.25) is 4.72 Å². The molecular weight excluding hydrogens is 314 g/mol. The highest BCUT2D eigenvalue weighted by atomic mass is 32.2. The number of rotatable bonds is 7. The number of sulfonamides is 1. The molecule has 1 aliphatic carbocycles. The van der Waals surface area contributed by atoms with Crippen molar-refractivity contribution in [1.82, 2.24) is 19.7 Å². The quantitative estimate of drug-likeness (QED) is 0.838. The molecule has 2 aromatic heterocycles. The smallest absolute Gasteiger partial charge is 0.252 e. The zero-order valence-electron chi connectivity index (χ0n) is 13.3. The Bertz CT molecular complexity index is 766. The molecule has 0 aliphatic heterocycles. The SMILES string of the molecule is CC(C)c1cc(NS(=O)(=O)CCC2CC2)n(-c2ncccn2)n1. The summed E-state index contributed by atoms with van der Waals surface area (Å²) in [6.07, 6.45) is 6.20. The summed E-state index contributed by atoms with van der Waals surface area (Å²) in [6, 6.07) is 3.45. The third-order valence-corrected chi connectivity index (χ3v) is 5.11. The fraction of sp³-hybridized carbons (Fsp3) is 0.533. The van der Waals surface area contributed by atoms with Gasteiger partial charge in [0.25, 0.3) is 5.95 Å². The van der Waals surface area contributed by atoms with Crippen LogP contribution in [0.2, 0.25) is 0 Å². The first-order valence-electron chi connectivity index (χ1n) is 7.82. The Hall–Kier alpha value is -1.96. The first kappa shape index (κ1) is 15.9. The highest BCUT2D eigenvalue weighted by molar-refractivity contribution is 7.92. The van der Waals surface area contributed by atoms with Crippen molar-refractivity contribution >= 4 is 15.8 Å². The van der Waals surface area contributed by atoms with Crippen molar-refractivity contribution in [1.29, 1.82) is 0 Å². The van der Waals surface area contributed by atoms with Crippen molar-refractivity contribution in [2.75, 3.05) is 10.5 Å². The summed E-state index contributed by atoms with van der Waals surface area (Å²) in [5, 5.41) is 4.44. The van der Waals surface area contributed by atoms with E-state index in [0.29, 0.717) is 24.1 Å². The van der Waals surface area contributed by atoms with E-state index >= 15 is 0 Å². The predicted octanol–water partition coefficient (Wildman–Crippen LogP) is 2.33. The number of nitrogens with one attached hydrogen (secondary N) is 1.